The molecule has 5 aromatic carbocycles. The van der Waals surface area contributed by atoms with E-state index in [1.807, 2.05) is 0 Å². The predicted octanol–water partition coefficient (Wildman–Crippen LogP) is 8.18. The largest absolute Gasteiger partial charge is 0.497 e. The average Bonchev–Trinajstić information content (AvgIpc) is 3.57. The molecule has 5 heteroatoms. The Morgan fingerprint density at radius 2 is 1.00 bits per heavy atom. The maximum atomic E-state index is 6.63. The molecule has 0 atom stereocenters. The molecule has 2 aromatic heterocycles. The number of para-hydroxylation sites is 5. The molecule has 41 heavy (non-hydrogen) atoms. The SMILES string of the molecule is CC1(C)OB(c2cccc3c4ccccc4n(-c4cccc5c6ccccc6n(-c6ccccc6)c45)c23)OC1(C)C. The molecule has 0 bridgehead atoms. The lowest BCUT2D eigenvalue weighted by Crippen LogP contribution is -2.41. The van der Waals surface area contributed by atoms with Gasteiger partial charge < -0.3 is 18.4 Å². The Balaban J connectivity index is 1.53. The van der Waals surface area contributed by atoms with E-state index in [0.29, 0.717) is 0 Å². The van der Waals surface area contributed by atoms with Crippen molar-refractivity contribution in [2.75, 3.05) is 0 Å². The van der Waals surface area contributed by atoms with Crippen molar-refractivity contribution >= 4 is 56.2 Å². The normalized spacial score (nSPS) is 16.4. The highest BCUT2D eigenvalue weighted by Gasteiger charge is 2.52. The topological polar surface area (TPSA) is 28.3 Å². The quantitative estimate of drug-likeness (QED) is 0.214. The van der Waals surface area contributed by atoms with Gasteiger partial charge in [0.25, 0.3) is 0 Å². The van der Waals surface area contributed by atoms with Gasteiger partial charge in [0, 0.05) is 32.7 Å². The van der Waals surface area contributed by atoms with E-state index < -0.39 is 18.3 Å². The zero-order valence-electron chi connectivity index (χ0n) is 23.8. The summed E-state index contributed by atoms with van der Waals surface area (Å²) in [4.78, 5) is 0. The summed E-state index contributed by atoms with van der Waals surface area (Å²) in [6.45, 7) is 8.45. The molecule has 4 nitrogen and oxygen atoms in total. The zero-order valence-corrected chi connectivity index (χ0v) is 23.8. The van der Waals surface area contributed by atoms with E-state index in [1.165, 1.54) is 32.6 Å². The van der Waals surface area contributed by atoms with Crippen LogP contribution in [0.5, 0.6) is 0 Å². The van der Waals surface area contributed by atoms with Gasteiger partial charge in [0.1, 0.15) is 0 Å². The molecule has 7 aromatic rings. The molecule has 1 fully saturated rings. The van der Waals surface area contributed by atoms with E-state index in [9.17, 15) is 0 Å². The van der Waals surface area contributed by atoms with Crippen LogP contribution in [-0.2, 0) is 9.31 Å². The molecule has 8 rings (SSSR count). The fraction of sp³-hybridized carbons (Fsp3) is 0.167. The second-order valence-corrected chi connectivity index (χ2v) is 12.0. The summed E-state index contributed by atoms with van der Waals surface area (Å²) in [5.41, 5.74) is 7.06. The molecule has 0 amide bonds. The Morgan fingerprint density at radius 3 is 1.66 bits per heavy atom. The number of fused-ring (bicyclic) bond motifs is 6. The molecule has 1 saturated heterocycles. The van der Waals surface area contributed by atoms with Crippen LogP contribution in [0.1, 0.15) is 27.7 Å². The summed E-state index contributed by atoms with van der Waals surface area (Å²) in [5.74, 6) is 0. The maximum absolute atomic E-state index is 6.63. The molecule has 0 spiro atoms. The van der Waals surface area contributed by atoms with Gasteiger partial charge in [-0.25, -0.2) is 0 Å². The molecule has 0 N–H and O–H groups in total. The van der Waals surface area contributed by atoms with E-state index in [1.54, 1.807) is 0 Å². The first-order chi connectivity index (χ1) is 19.9. The molecule has 0 unspecified atom stereocenters. The summed E-state index contributed by atoms with van der Waals surface area (Å²) in [5, 5.41) is 4.86. The summed E-state index contributed by atoms with van der Waals surface area (Å²) in [7, 11) is -0.481. The van der Waals surface area contributed by atoms with Crippen LogP contribution in [0.3, 0.4) is 0 Å². The molecule has 0 saturated carbocycles. The van der Waals surface area contributed by atoms with Gasteiger partial charge in [0.15, 0.2) is 0 Å². The number of nitrogens with zero attached hydrogens (tertiary/aromatic N) is 2. The molecule has 0 aliphatic carbocycles. The first-order valence-electron chi connectivity index (χ1n) is 14.3. The third-order valence-electron chi connectivity index (χ3n) is 9.16. The minimum Gasteiger partial charge on any atom is -0.399 e. The van der Waals surface area contributed by atoms with Crippen LogP contribution < -0.4 is 5.46 Å². The van der Waals surface area contributed by atoms with Gasteiger partial charge in [-0.1, -0.05) is 84.9 Å². The summed E-state index contributed by atoms with van der Waals surface area (Å²) < 4.78 is 18.1. The molecule has 3 heterocycles. The number of hydrogen-bond acceptors (Lipinski definition) is 2. The van der Waals surface area contributed by atoms with E-state index in [0.717, 1.165) is 27.9 Å². The summed E-state index contributed by atoms with van der Waals surface area (Å²) in [6.07, 6.45) is 0. The standard InChI is InChI=1S/C36H31BN2O2/c1-35(2)36(3,4)41-37(40-35)29-20-12-18-27-25-16-9-11-22-31(25)39(33(27)29)32-23-13-19-28-26-17-8-10-21-30(26)38(34(28)32)24-14-6-5-7-15-24/h5-23H,1-4H3. The zero-order chi connectivity index (χ0) is 27.9. The van der Waals surface area contributed by atoms with Crippen LogP contribution >= 0.6 is 0 Å². The van der Waals surface area contributed by atoms with Gasteiger partial charge in [-0.3, -0.25) is 0 Å². The van der Waals surface area contributed by atoms with E-state index >= 15 is 0 Å². The van der Waals surface area contributed by atoms with Crippen molar-refractivity contribution in [1.29, 1.82) is 0 Å². The van der Waals surface area contributed by atoms with Crippen LogP contribution in [0, 0.1) is 0 Å². The predicted molar refractivity (Wildman–Crippen MR) is 171 cm³/mol. The second kappa shape index (κ2) is 8.59. The van der Waals surface area contributed by atoms with E-state index in [-0.39, 0.29) is 0 Å². The number of rotatable bonds is 3. The highest BCUT2D eigenvalue weighted by atomic mass is 16.7. The lowest BCUT2D eigenvalue weighted by atomic mass is 9.77. The minimum absolute atomic E-state index is 0.434. The van der Waals surface area contributed by atoms with Gasteiger partial charge in [-0.05, 0) is 58.0 Å². The van der Waals surface area contributed by atoms with Gasteiger partial charge >= 0.3 is 7.12 Å². The molecule has 1 aliphatic rings. The Bertz CT molecular complexity index is 2100. The van der Waals surface area contributed by atoms with Crippen molar-refractivity contribution in [1.82, 2.24) is 9.13 Å². The van der Waals surface area contributed by atoms with Gasteiger partial charge in [-0.15, -0.1) is 0 Å². The van der Waals surface area contributed by atoms with E-state index in [2.05, 4.69) is 152 Å². The Labute approximate surface area is 239 Å². The molecule has 0 radical (unpaired) electrons. The smallest absolute Gasteiger partial charge is 0.399 e. The molecule has 1 aliphatic heterocycles. The van der Waals surface area contributed by atoms with E-state index in [4.69, 9.17) is 9.31 Å². The minimum atomic E-state index is -0.481. The number of benzene rings is 5. The highest BCUT2D eigenvalue weighted by molar-refractivity contribution is 6.65. The van der Waals surface area contributed by atoms with Crippen LogP contribution in [0.25, 0.3) is 55.0 Å². The van der Waals surface area contributed by atoms with Crippen LogP contribution in [-0.4, -0.2) is 27.5 Å². The van der Waals surface area contributed by atoms with Gasteiger partial charge in [0.2, 0.25) is 0 Å². The highest BCUT2D eigenvalue weighted by Crippen LogP contribution is 2.41. The fourth-order valence-corrected chi connectivity index (χ4v) is 6.48. The lowest BCUT2D eigenvalue weighted by molar-refractivity contribution is 0.00578. The average molecular weight is 534 g/mol. The first-order valence-corrected chi connectivity index (χ1v) is 14.3. The number of aromatic nitrogens is 2. The van der Waals surface area contributed by atoms with Gasteiger partial charge in [0.05, 0.1) is 39.0 Å². The Hall–Kier alpha value is -4.32. The maximum Gasteiger partial charge on any atom is 0.497 e. The van der Waals surface area contributed by atoms with Crippen LogP contribution in [0.15, 0.2) is 115 Å². The Kier molecular flexibility index (Phi) is 5.13. The third-order valence-corrected chi connectivity index (χ3v) is 9.16. The third kappa shape index (κ3) is 3.43. The van der Waals surface area contributed by atoms with Crippen molar-refractivity contribution < 1.29 is 9.31 Å². The summed E-state index contributed by atoms with van der Waals surface area (Å²) >= 11 is 0. The van der Waals surface area contributed by atoms with Gasteiger partial charge in [-0.2, -0.15) is 0 Å². The molecular formula is C36H31BN2O2. The fourth-order valence-electron chi connectivity index (χ4n) is 6.48. The Morgan fingerprint density at radius 1 is 0.488 bits per heavy atom. The summed E-state index contributed by atoms with van der Waals surface area (Å²) in [6, 6.07) is 41.2. The van der Waals surface area contributed by atoms with Crippen LogP contribution in [0.2, 0.25) is 0 Å². The first kappa shape index (κ1) is 24.5. The van der Waals surface area contributed by atoms with Crippen molar-refractivity contribution in [3.8, 4) is 11.4 Å². The van der Waals surface area contributed by atoms with Crippen molar-refractivity contribution in [2.45, 2.75) is 38.9 Å². The second-order valence-electron chi connectivity index (χ2n) is 12.0. The van der Waals surface area contributed by atoms with Crippen molar-refractivity contribution in [3.05, 3.63) is 115 Å². The molecular weight excluding hydrogens is 503 g/mol. The van der Waals surface area contributed by atoms with Crippen molar-refractivity contribution in [3.63, 3.8) is 0 Å². The number of hydrogen-bond donors (Lipinski definition) is 0. The monoisotopic (exact) mass is 534 g/mol. The van der Waals surface area contributed by atoms with Crippen molar-refractivity contribution in [2.24, 2.45) is 0 Å². The molecule has 200 valence electrons. The van der Waals surface area contributed by atoms with Crippen LogP contribution in [0.4, 0.5) is 0 Å². The lowest BCUT2D eigenvalue weighted by Gasteiger charge is -2.32.